The largest absolute Gasteiger partial charge is 0.283 e. The average Bonchev–Trinajstić information content (AvgIpc) is 3.12. The summed E-state index contributed by atoms with van der Waals surface area (Å²) < 4.78 is 14.8. The van der Waals surface area contributed by atoms with E-state index >= 15 is 0 Å². The number of anilines is 1. The van der Waals surface area contributed by atoms with Crippen molar-refractivity contribution in [3.63, 3.8) is 0 Å². The molecule has 134 valence electrons. The number of pyridine rings is 1. The van der Waals surface area contributed by atoms with Crippen LogP contribution < -0.4 is 4.90 Å². The van der Waals surface area contributed by atoms with Crippen LogP contribution in [0.4, 0.5) is 9.52 Å². The van der Waals surface area contributed by atoms with Gasteiger partial charge in [-0.05, 0) is 36.6 Å². The molecule has 1 saturated carbocycles. The minimum absolute atomic E-state index is 0.0253. The Labute approximate surface area is 155 Å². The summed E-state index contributed by atoms with van der Waals surface area (Å²) in [6.07, 6.45) is 8.68. The second-order valence-electron chi connectivity index (χ2n) is 6.70. The van der Waals surface area contributed by atoms with Gasteiger partial charge in [-0.25, -0.2) is 9.37 Å². The maximum Gasteiger partial charge on any atom is 0.232 e. The predicted molar refractivity (Wildman–Crippen MR) is 102 cm³/mol. The number of carbonyl (C=O) groups is 1. The fraction of sp³-hybridized carbons (Fsp3) is 0.350. The van der Waals surface area contributed by atoms with E-state index in [4.69, 9.17) is 0 Å². The van der Waals surface area contributed by atoms with Crippen LogP contribution in [-0.2, 0) is 11.3 Å². The zero-order valence-corrected chi connectivity index (χ0v) is 15.2. The zero-order valence-electron chi connectivity index (χ0n) is 14.4. The molecule has 1 amide bonds. The van der Waals surface area contributed by atoms with Crippen molar-refractivity contribution in [1.29, 1.82) is 0 Å². The zero-order chi connectivity index (χ0) is 17.9. The number of benzene rings is 1. The van der Waals surface area contributed by atoms with Crippen molar-refractivity contribution >= 4 is 32.6 Å². The van der Waals surface area contributed by atoms with Gasteiger partial charge in [0.15, 0.2) is 5.13 Å². The van der Waals surface area contributed by atoms with Crippen molar-refractivity contribution < 1.29 is 9.18 Å². The topological polar surface area (TPSA) is 46.1 Å². The van der Waals surface area contributed by atoms with Crippen molar-refractivity contribution in [2.75, 3.05) is 4.90 Å². The summed E-state index contributed by atoms with van der Waals surface area (Å²) in [6, 6.07) is 8.72. The van der Waals surface area contributed by atoms with Gasteiger partial charge < -0.3 is 0 Å². The summed E-state index contributed by atoms with van der Waals surface area (Å²) in [7, 11) is 0. The SMILES string of the molecule is O=C(C1CCCCC1)N(Cc1cccnc1)c1nc2c(F)cccc2s1. The van der Waals surface area contributed by atoms with Gasteiger partial charge in [-0.1, -0.05) is 42.7 Å². The molecule has 1 aromatic carbocycles. The number of thiazole rings is 1. The van der Waals surface area contributed by atoms with Crippen LogP contribution in [0.1, 0.15) is 37.7 Å². The van der Waals surface area contributed by atoms with Gasteiger partial charge in [-0.2, -0.15) is 0 Å². The number of hydrogen-bond acceptors (Lipinski definition) is 4. The van der Waals surface area contributed by atoms with Crippen LogP contribution >= 0.6 is 11.3 Å². The van der Waals surface area contributed by atoms with Gasteiger partial charge in [0.2, 0.25) is 5.91 Å². The molecule has 4 rings (SSSR count). The molecule has 0 atom stereocenters. The summed E-state index contributed by atoms with van der Waals surface area (Å²) in [5.41, 5.74) is 1.27. The second kappa shape index (κ2) is 7.50. The molecule has 26 heavy (non-hydrogen) atoms. The van der Waals surface area contributed by atoms with E-state index in [2.05, 4.69) is 9.97 Å². The molecular formula is C20H20FN3OS. The number of para-hydroxylation sites is 1. The Balaban J connectivity index is 1.70. The van der Waals surface area contributed by atoms with E-state index in [9.17, 15) is 9.18 Å². The summed E-state index contributed by atoms with van der Waals surface area (Å²) in [6.45, 7) is 0.407. The maximum absolute atomic E-state index is 14.1. The standard InChI is InChI=1S/C20H20FN3OS/c21-16-9-4-10-17-18(16)23-20(26-17)24(13-14-6-5-11-22-12-14)19(25)15-7-2-1-3-8-15/h4-6,9-12,15H,1-3,7-8,13H2. The van der Waals surface area contributed by atoms with Gasteiger partial charge in [0.25, 0.3) is 0 Å². The van der Waals surface area contributed by atoms with E-state index in [-0.39, 0.29) is 17.6 Å². The lowest BCUT2D eigenvalue weighted by atomic mass is 9.88. The van der Waals surface area contributed by atoms with Crippen LogP contribution in [0.15, 0.2) is 42.7 Å². The third kappa shape index (κ3) is 3.46. The van der Waals surface area contributed by atoms with Crippen molar-refractivity contribution in [3.05, 3.63) is 54.1 Å². The average molecular weight is 369 g/mol. The molecule has 3 aromatic rings. The molecular weight excluding hydrogens is 349 g/mol. The molecule has 6 heteroatoms. The molecule has 0 saturated heterocycles. The minimum Gasteiger partial charge on any atom is -0.283 e. The van der Waals surface area contributed by atoms with E-state index < -0.39 is 0 Å². The molecule has 2 heterocycles. The van der Waals surface area contributed by atoms with E-state index in [0.29, 0.717) is 17.2 Å². The summed E-state index contributed by atoms with van der Waals surface area (Å²) in [5, 5.41) is 0.560. The molecule has 0 spiro atoms. The highest BCUT2D eigenvalue weighted by Gasteiger charge is 2.29. The molecule has 1 aliphatic carbocycles. The van der Waals surface area contributed by atoms with Crippen LogP contribution in [-0.4, -0.2) is 15.9 Å². The van der Waals surface area contributed by atoms with Crippen molar-refractivity contribution in [2.24, 2.45) is 5.92 Å². The number of hydrogen-bond donors (Lipinski definition) is 0. The van der Waals surface area contributed by atoms with E-state index in [1.165, 1.54) is 23.8 Å². The lowest BCUT2D eigenvalue weighted by molar-refractivity contribution is -0.123. The highest BCUT2D eigenvalue weighted by atomic mass is 32.1. The van der Waals surface area contributed by atoms with E-state index in [1.54, 1.807) is 23.4 Å². The second-order valence-corrected chi connectivity index (χ2v) is 7.71. The number of fused-ring (bicyclic) bond motifs is 1. The molecule has 0 bridgehead atoms. The van der Waals surface area contributed by atoms with Crippen LogP contribution in [0.3, 0.4) is 0 Å². The summed E-state index contributed by atoms with van der Waals surface area (Å²) in [5.74, 6) is -0.234. The third-order valence-electron chi connectivity index (χ3n) is 4.87. The number of halogens is 1. The molecule has 2 aromatic heterocycles. The van der Waals surface area contributed by atoms with Gasteiger partial charge in [-0.15, -0.1) is 0 Å². The summed E-state index contributed by atoms with van der Waals surface area (Å²) in [4.78, 5) is 23.6. The molecule has 0 radical (unpaired) electrons. The van der Waals surface area contributed by atoms with E-state index in [1.807, 2.05) is 18.2 Å². The lowest BCUT2D eigenvalue weighted by Gasteiger charge is -2.27. The molecule has 1 fully saturated rings. The van der Waals surface area contributed by atoms with Crippen molar-refractivity contribution in [2.45, 2.75) is 38.6 Å². The number of amides is 1. The van der Waals surface area contributed by atoms with Gasteiger partial charge in [-0.3, -0.25) is 14.7 Å². The third-order valence-corrected chi connectivity index (χ3v) is 5.92. The Morgan fingerprint density at radius 1 is 1.19 bits per heavy atom. The monoisotopic (exact) mass is 369 g/mol. The Morgan fingerprint density at radius 3 is 2.77 bits per heavy atom. The number of carbonyl (C=O) groups excluding carboxylic acids is 1. The van der Waals surface area contributed by atoms with Gasteiger partial charge in [0.1, 0.15) is 11.3 Å². The van der Waals surface area contributed by atoms with E-state index in [0.717, 1.165) is 35.9 Å². The van der Waals surface area contributed by atoms with Crippen molar-refractivity contribution in [3.8, 4) is 0 Å². The first-order valence-corrected chi connectivity index (χ1v) is 9.79. The Morgan fingerprint density at radius 2 is 2.04 bits per heavy atom. The predicted octanol–water partition coefficient (Wildman–Crippen LogP) is 4.94. The van der Waals surface area contributed by atoms with Crippen LogP contribution in [0.2, 0.25) is 0 Å². The Bertz CT molecular complexity index is 906. The number of nitrogens with zero attached hydrogens (tertiary/aromatic N) is 3. The molecule has 0 N–H and O–H groups in total. The number of aromatic nitrogens is 2. The smallest absolute Gasteiger partial charge is 0.232 e. The molecule has 0 aliphatic heterocycles. The van der Waals surface area contributed by atoms with Gasteiger partial charge in [0, 0.05) is 18.3 Å². The summed E-state index contributed by atoms with van der Waals surface area (Å²) >= 11 is 1.36. The normalized spacial score (nSPS) is 15.3. The Hall–Kier alpha value is -2.34. The maximum atomic E-state index is 14.1. The van der Waals surface area contributed by atoms with Crippen LogP contribution in [0.25, 0.3) is 10.2 Å². The first kappa shape index (κ1) is 17.1. The Kier molecular flexibility index (Phi) is 4.93. The van der Waals surface area contributed by atoms with Gasteiger partial charge >= 0.3 is 0 Å². The van der Waals surface area contributed by atoms with Gasteiger partial charge in [0.05, 0.1) is 11.2 Å². The fourth-order valence-electron chi connectivity index (χ4n) is 3.50. The lowest BCUT2D eigenvalue weighted by Crippen LogP contribution is -2.36. The first-order valence-electron chi connectivity index (χ1n) is 8.98. The first-order chi connectivity index (χ1) is 12.7. The quantitative estimate of drug-likeness (QED) is 0.654. The molecule has 0 unspecified atom stereocenters. The van der Waals surface area contributed by atoms with Crippen LogP contribution in [0.5, 0.6) is 0 Å². The number of rotatable bonds is 4. The highest BCUT2D eigenvalue weighted by Crippen LogP contribution is 2.34. The minimum atomic E-state index is -0.351. The molecule has 4 nitrogen and oxygen atoms in total. The highest BCUT2D eigenvalue weighted by molar-refractivity contribution is 7.22. The fourth-order valence-corrected chi connectivity index (χ4v) is 4.49. The van der Waals surface area contributed by atoms with Crippen LogP contribution in [0, 0.1) is 11.7 Å². The van der Waals surface area contributed by atoms with Crippen molar-refractivity contribution in [1.82, 2.24) is 9.97 Å². The molecule has 1 aliphatic rings.